The first kappa shape index (κ1) is 62.1. The topological polar surface area (TPSA) is 67.1 Å². The summed E-state index contributed by atoms with van der Waals surface area (Å²) in [5, 5.41) is 0. The molecule has 0 atom stereocenters. The Hall–Kier alpha value is -9.92. The van der Waals surface area contributed by atoms with Crippen molar-refractivity contribution in [1.82, 2.24) is 19.9 Å². The lowest BCUT2D eigenvalue weighted by atomic mass is 9.80. The summed E-state index contributed by atoms with van der Waals surface area (Å²) >= 11 is 0. The standard InChI is InChI=1S/C24H27N2.3C23H25N2/c1-14-8-10-18-19-11-9-17(4)25-23(19)24(5,6)22(18)21(14)20-12-15(2)16(3)13-26(20)7;1-14-7-12-19(25(6)13-14)20-15(2)8-10-17-18-11-9-16(3)24-22(18)23(4,5)21(17)20;1-14-11-12-25(6)19(13-14)20-15(2)7-9-17-18-10-8-16(3)24-22(18)23(4,5)21(17)20;1-14-10-12-17-18-13-11-15(2)24-22(18)23(4,5)21(17)20(14)19-9-7-8-16(3)25(19)6/h8-13H,1-7H3;3*7-13H,1-6H3/q4*+1/i;1D3;;3D3. The highest BCUT2D eigenvalue weighted by Gasteiger charge is 2.45. The number of hydrogen-bond donors (Lipinski definition) is 0. The van der Waals surface area contributed by atoms with Crippen molar-refractivity contribution >= 4 is 0 Å². The van der Waals surface area contributed by atoms with Gasteiger partial charge in [-0.25, -0.2) is 13.7 Å². The summed E-state index contributed by atoms with van der Waals surface area (Å²) in [6.07, 6.45) is 6.11. The molecular weight excluding hydrogens is 1230 g/mol. The van der Waals surface area contributed by atoms with E-state index in [0.717, 1.165) is 62.2 Å². The monoisotopic (exact) mass is 1340 g/mol. The molecule has 8 heterocycles. The molecular formula is C93H102N8+4. The molecule has 4 aromatic carbocycles. The molecule has 0 bridgehead atoms. The molecule has 0 spiro atoms. The lowest BCUT2D eigenvalue weighted by molar-refractivity contribution is -0.666. The zero-order valence-electron chi connectivity index (χ0n) is 69.7. The van der Waals surface area contributed by atoms with Gasteiger partial charge in [-0.3, -0.25) is 19.9 Å². The second-order valence-electron chi connectivity index (χ2n) is 31.2. The van der Waals surface area contributed by atoms with Crippen LogP contribution in [-0.2, 0) is 49.9 Å². The van der Waals surface area contributed by atoms with E-state index in [-0.39, 0.29) is 21.7 Å². The molecule has 8 aromatic heterocycles. The van der Waals surface area contributed by atoms with Gasteiger partial charge in [0.25, 0.3) is 0 Å². The Morgan fingerprint density at radius 2 is 0.653 bits per heavy atom. The number of hydrogen-bond acceptors (Lipinski definition) is 4. The van der Waals surface area contributed by atoms with Gasteiger partial charge in [-0.2, -0.15) is 4.57 Å². The van der Waals surface area contributed by atoms with Crippen LogP contribution in [0.1, 0.15) is 182 Å². The molecule has 8 nitrogen and oxygen atoms in total. The van der Waals surface area contributed by atoms with Crippen molar-refractivity contribution in [3.8, 4) is 89.5 Å². The molecule has 12 aromatic rings. The second kappa shape index (κ2) is 25.3. The summed E-state index contributed by atoms with van der Waals surface area (Å²) in [6.45, 7) is 37.2. The summed E-state index contributed by atoms with van der Waals surface area (Å²) < 4.78 is 55.0. The second-order valence-corrected chi connectivity index (χ2v) is 31.2. The van der Waals surface area contributed by atoms with Crippen LogP contribution in [0.4, 0.5) is 0 Å². The van der Waals surface area contributed by atoms with E-state index in [0.29, 0.717) is 11.3 Å². The Morgan fingerprint density at radius 1 is 0.297 bits per heavy atom. The zero-order chi connectivity index (χ0) is 77.6. The van der Waals surface area contributed by atoms with Crippen molar-refractivity contribution in [2.45, 2.75) is 167 Å². The van der Waals surface area contributed by atoms with Crippen LogP contribution in [0, 0.1) is 89.9 Å². The van der Waals surface area contributed by atoms with Crippen LogP contribution in [0.3, 0.4) is 0 Å². The van der Waals surface area contributed by atoms with Gasteiger partial charge < -0.3 is 0 Å². The Balaban J connectivity index is 0.000000126. The normalized spacial score (nSPS) is 15.4. The predicted octanol–water partition coefficient (Wildman–Crippen LogP) is 19.5. The average molecular weight is 1340 g/mol. The van der Waals surface area contributed by atoms with Crippen molar-refractivity contribution < 1.29 is 26.5 Å². The summed E-state index contributed by atoms with van der Waals surface area (Å²) in [4.78, 5) is 19.6. The molecule has 0 N–H and O–H groups in total. The van der Waals surface area contributed by atoms with E-state index < -0.39 is 13.7 Å². The molecule has 16 rings (SSSR count). The maximum absolute atomic E-state index is 7.89. The summed E-state index contributed by atoms with van der Waals surface area (Å²) in [5.74, 6) is 0. The third-order valence-electron chi connectivity index (χ3n) is 22.3. The number of aryl methyl sites for hydroxylation is 16. The molecule has 8 heteroatoms. The highest BCUT2D eigenvalue weighted by atomic mass is 15.0. The summed E-state index contributed by atoms with van der Waals surface area (Å²) in [5.41, 5.74) is 42.4. The van der Waals surface area contributed by atoms with E-state index in [1.807, 2.05) is 55.3 Å². The third-order valence-corrected chi connectivity index (χ3v) is 22.3. The Labute approximate surface area is 610 Å². The summed E-state index contributed by atoms with van der Waals surface area (Å²) in [6, 6.07) is 50.8. The molecule has 0 saturated heterocycles. The van der Waals surface area contributed by atoms with Crippen LogP contribution in [0.2, 0.25) is 0 Å². The number of aromatic nitrogens is 8. The molecule has 0 unspecified atom stereocenters. The SMILES string of the molecule is Cc1cc[n+](C)c(-c2c(C)ccc3c2C(C)(C)c2nc(C)ccc2-3)c1.Cc1ccc2c(n1)C(C)(C)c1c-2ccc(C)c1-c1cc(C)c(C)c[n+]1C.[2H]C([2H])([2H])c1ccc(-c2c(C)ccc3c2C(C)(C)c2nc(C)ccc2-3)[n+](C)c1.[2H]C([2H])([2H])c1cccc(-c2c(C)ccc3c2C(C)(C)c2nc(C)ccc2-3)[n+]1C. The number of nitrogens with zero attached hydrogens (tertiary/aromatic N) is 8. The highest BCUT2D eigenvalue weighted by Crippen LogP contribution is 2.56. The van der Waals surface area contributed by atoms with Gasteiger partial charge in [0.15, 0.2) is 24.3 Å². The van der Waals surface area contributed by atoms with Crippen LogP contribution in [0.15, 0.2) is 164 Å². The van der Waals surface area contributed by atoms with Crippen molar-refractivity contribution in [1.29, 1.82) is 0 Å². The van der Waals surface area contributed by atoms with Gasteiger partial charge in [0, 0.05) is 129 Å². The van der Waals surface area contributed by atoms with E-state index >= 15 is 0 Å². The molecule has 0 saturated carbocycles. The van der Waals surface area contributed by atoms with Gasteiger partial charge in [0.05, 0.1) is 45.0 Å². The van der Waals surface area contributed by atoms with Crippen molar-refractivity contribution in [3.05, 3.63) is 282 Å². The van der Waals surface area contributed by atoms with Gasteiger partial charge in [0.1, 0.15) is 28.2 Å². The number of pyridine rings is 8. The molecule has 101 heavy (non-hydrogen) atoms. The van der Waals surface area contributed by atoms with Gasteiger partial charge in [-0.1, -0.05) is 128 Å². The lowest BCUT2D eigenvalue weighted by Gasteiger charge is -2.24. The molecule has 510 valence electrons. The van der Waals surface area contributed by atoms with Gasteiger partial charge in [-0.05, 0) is 197 Å². The first-order chi connectivity index (χ1) is 50.1. The zero-order valence-corrected chi connectivity index (χ0v) is 63.7. The maximum Gasteiger partial charge on any atom is 0.213 e. The third kappa shape index (κ3) is 11.5. The van der Waals surface area contributed by atoms with Gasteiger partial charge in [0.2, 0.25) is 22.8 Å². The number of rotatable bonds is 4. The molecule has 4 aliphatic carbocycles. The maximum atomic E-state index is 7.89. The minimum Gasteiger partial charge on any atom is -0.257 e. The fraction of sp³-hybridized carbons (Fsp3) is 0.312. The van der Waals surface area contributed by atoms with Crippen molar-refractivity contribution in [2.24, 2.45) is 28.2 Å². The van der Waals surface area contributed by atoms with Gasteiger partial charge >= 0.3 is 0 Å². The van der Waals surface area contributed by atoms with Crippen LogP contribution in [0.25, 0.3) is 89.5 Å². The molecule has 0 fully saturated rings. The fourth-order valence-electron chi connectivity index (χ4n) is 16.9. The summed E-state index contributed by atoms with van der Waals surface area (Å²) in [7, 11) is 8.04. The van der Waals surface area contributed by atoms with Crippen LogP contribution >= 0.6 is 0 Å². The van der Waals surface area contributed by atoms with E-state index in [9.17, 15) is 0 Å². The molecule has 0 radical (unpaired) electrons. The van der Waals surface area contributed by atoms with E-state index in [2.05, 4.69) is 269 Å². The smallest absolute Gasteiger partial charge is 0.213 e. The average Bonchev–Trinajstić information content (AvgIpc) is 1.58. The largest absolute Gasteiger partial charge is 0.257 e. The van der Waals surface area contributed by atoms with E-state index in [1.165, 1.54) is 134 Å². The molecule has 0 amide bonds. The Kier molecular flexibility index (Phi) is 15.6. The fourth-order valence-corrected chi connectivity index (χ4v) is 16.9. The van der Waals surface area contributed by atoms with Crippen molar-refractivity contribution in [3.63, 3.8) is 0 Å². The van der Waals surface area contributed by atoms with Crippen LogP contribution < -0.4 is 18.3 Å². The van der Waals surface area contributed by atoms with Crippen LogP contribution in [0.5, 0.6) is 0 Å². The minimum atomic E-state index is -2.16. The van der Waals surface area contributed by atoms with Crippen molar-refractivity contribution in [2.75, 3.05) is 0 Å². The first-order valence-electron chi connectivity index (χ1n) is 38.5. The van der Waals surface area contributed by atoms with Gasteiger partial charge in [-0.15, -0.1) is 0 Å². The number of benzene rings is 4. The van der Waals surface area contributed by atoms with E-state index in [4.69, 9.17) is 28.2 Å². The van der Waals surface area contributed by atoms with Crippen LogP contribution in [-0.4, -0.2) is 19.9 Å². The number of fused-ring (bicyclic) bond motifs is 12. The Bertz CT molecular complexity index is 5690. The highest BCUT2D eigenvalue weighted by molar-refractivity contribution is 5.91. The van der Waals surface area contributed by atoms with E-state index in [1.54, 1.807) is 18.3 Å². The quantitative estimate of drug-likeness (QED) is 0.165. The molecule has 4 aliphatic rings. The minimum absolute atomic E-state index is 0.102. The lowest BCUT2D eigenvalue weighted by Crippen LogP contribution is -2.35. The molecule has 0 aliphatic heterocycles. The predicted molar refractivity (Wildman–Crippen MR) is 415 cm³/mol. The first-order valence-corrected chi connectivity index (χ1v) is 35.5. The Morgan fingerprint density at radius 3 is 1.03 bits per heavy atom.